The number of hydrogen-bond acceptors (Lipinski definition) is 4. The number of halogens is 1. The normalized spacial score (nSPS) is 13.2. The highest BCUT2D eigenvalue weighted by molar-refractivity contribution is 9.10. The number of sulfonamides is 1. The molecular formula is C24H32BrN3O4S. The highest BCUT2D eigenvalue weighted by Gasteiger charge is 2.30. The van der Waals surface area contributed by atoms with Gasteiger partial charge in [0.15, 0.2) is 0 Å². The molecule has 2 aromatic carbocycles. The maximum absolute atomic E-state index is 13.5. The van der Waals surface area contributed by atoms with Gasteiger partial charge in [-0.25, -0.2) is 8.42 Å². The molecule has 0 saturated heterocycles. The van der Waals surface area contributed by atoms with Crippen LogP contribution in [-0.4, -0.2) is 50.0 Å². The van der Waals surface area contributed by atoms with Gasteiger partial charge in [-0.05, 0) is 51.0 Å². The summed E-state index contributed by atoms with van der Waals surface area (Å²) < 4.78 is 26.9. The van der Waals surface area contributed by atoms with Gasteiger partial charge < -0.3 is 10.2 Å². The quantitative estimate of drug-likeness (QED) is 0.498. The molecule has 2 atom stereocenters. The Morgan fingerprint density at radius 3 is 2.33 bits per heavy atom. The van der Waals surface area contributed by atoms with Gasteiger partial charge in [-0.3, -0.25) is 13.9 Å². The molecule has 0 aliphatic heterocycles. The van der Waals surface area contributed by atoms with Crippen LogP contribution in [0.25, 0.3) is 0 Å². The lowest BCUT2D eigenvalue weighted by Gasteiger charge is -2.32. The van der Waals surface area contributed by atoms with E-state index in [1.165, 1.54) is 4.90 Å². The molecule has 2 aromatic rings. The molecule has 9 heteroatoms. The van der Waals surface area contributed by atoms with Crippen LogP contribution in [0.5, 0.6) is 0 Å². The molecule has 7 nitrogen and oxygen atoms in total. The minimum absolute atomic E-state index is 0.0370. The van der Waals surface area contributed by atoms with E-state index in [0.717, 1.165) is 28.1 Å². The van der Waals surface area contributed by atoms with E-state index in [1.54, 1.807) is 31.2 Å². The van der Waals surface area contributed by atoms with Crippen molar-refractivity contribution in [2.75, 3.05) is 17.1 Å². The largest absolute Gasteiger partial charge is 0.352 e. The minimum atomic E-state index is -3.75. The lowest BCUT2D eigenvalue weighted by atomic mass is 10.1. The fourth-order valence-corrected chi connectivity index (χ4v) is 4.53. The second-order valence-electron chi connectivity index (χ2n) is 8.25. The fourth-order valence-electron chi connectivity index (χ4n) is 3.30. The fraction of sp³-hybridized carbons (Fsp3) is 0.417. The Balaban J connectivity index is 2.38. The van der Waals surface area contributed by atoms with Crippen LogP contribution in [0.4, 0.5) is 5.69 Å². The van der Waals surface area contributed by atoms with E-state index in [1.807, 2.05) is 45.0 Å². The molecule has 0 aliphatic carbocycles. The predicted octanol–water partition coefficient (Wildman–Crippen LogP) is 3.86. The Bertz CT molecular complexity index is 1090. The summed E-state index contributed by atoms with van der Waals surface area (Å²) in [5.41, 5.74) is 2.26. The van der Waals surface area contributed by atoms with Gasteiger partial charge in [-0.15, -0.1) is 0 Å². The van der Waals surface area contributed by atoms with Gasteiger partial charge in [-0.2, -0.15) is 0 Å². The van der Waals surface area contributed by atoms with Crippen LogP contribution in [0.1, 0.15) is 38.3 Å². The summed E-state index contributed by atoms with van der Waals surface area (Å²) in [5, 5.41) is 2.91. The molecule has 0 radical (unpaired) electrons. The topological polar surface area (TPSA) is 86.8 Å². The van der Waals surface area contributed by atoms with Crippen molar-refractivity contribution in [2.24, 2.45) is 0 Å². The average Bonchev–Trinajstić information content (AvgIpc) is 2.74. The first-order valence-electron chi connectivity index (χ1n) is 10.8. The van der Waals surface area contributed by atoms with Crippen LogP contribution in [0.2, 0.25) is 0 Å². The summed E-state index contributed by atoms with van der Waals surface area (Å²) in [6, 6.07) is 13.6. The Kier molecular flexibility index (Phi) is 9.48. The van der Waals surface area contributed by atoms with Crippen molar-refractivity contribution in [1.82, 2.24) is 10.2 Å². The van der Waals surface area contributed by atoms with E-state index < -0.39 is 28.5 Å². The van der Waals surface area contributed by atoms with Crippen molar-refractivity contribution in [2.45, 2.75) is 52.7 Å². The average molecular weight is 539 g/mol. The Morgan fingerprint density at radius 1 is 1.09 bits per heavy atom. The zero-order valence-electron chi connectivity index (χ0n) is 19.7. The van der Waals surface area contributed by atoms with Crippen molar-refractivity contribution in [3.63, 3.8) is 0 Å². The van der Waals surface area contributed by atoms with Crippen LogP contribution in [0.3, 0.4) is 0 Å². The Hall–Kier alpha value is -2.39. The molecule has 0 bridgehead atoms. The summed E-state index contributed by atoms with van der Waals surface area (Å²) in [4.78, 5) is 27.8. The van der Waals surface area contributed by atoms with E-state index in [2.05, 4.69) is 21.2 Å². The summed E-state index contributed by atoms with van der Waals surface area (Å²) in [6.45, 7) is 7.25. The third kappa shape index (κ3) is 7.85. The maximum Gasteiger partial charge on any atom is 0.244 e. The van der Waals surface area contributed by atoms with Gasteiger partial charge in [0.1, 0.15) is 12.6 Å². The van der Waals surface area contributed by atoms with E-state index in [0.29, 0.717) is 10.2 Å². The smallest absolute Gasteiger partial charge is 0.244 e. The van der Waals surface area contributed by atoms with E-state index >= 15 is 0 Å². The Morgan fingerprint density at radius 2 is 1.76 bits per heavy atom. The minimum Gasteiger partial charge on any atom is -0.352 e. The molecule has 0 unspecified atom stereocenters. The summed E-state index contributed by atoms with van der Waals surface area (Å²) >= 11 is 3.35. The summed E-state index contributed by atoms with van der Waals surface area (Å²) in [6.07, 6.45) is 1.82. The predicted molar refractivity (Wildman–Crippen MR) is 135 cm³/mol. The van der Waals surface area contributed by atoms with Crippen molar-refractivity contribution < 1.29 is 18.0 Å². The molecule has 0 saturated carbocycles. The number of carbonyl (C=O) groups excluding carboxylic acids is 2. The number of nitrogens with one attached hydrogen (secondary N) is 1. The van der Waals surface area contributed by atoms with Crippen molar-refractivity contribution in [3.8, 4) is 0 Å². The molecule has 0 fully saturated rings. The van der Waals surface area contributed by atoms with Crippen LogP contribution < -0.4 is 9.62 Å². The first-order chi connectivity index (χ1) is 15.4. The van der Waals surface area contributed by atoms with Crippen LogP contribution >= 0.6 is 15.9 Å². The molecule has 0 spiro atoms. The Labute approximate surface area is 205 Å². The SMILES string of the molecule is CC[C@H](C)NC(=O)[C@H](C)N(Cc1cccc(C)c1)C(=O)CN(c1cccc(Br)c1)S(C)(=O)=O. The molecule has 0 aromatic heterocycles. The number of hydrogen-bond donors (Lipinski definition) is 1. The first-order valence-corrected chi connectivity index (χ1v) is 13.4. The molecular weight excluding hydrogens is 506 g/mol. The van der Waals surface area contributed by atoms with Crippen LogP contribution in [0.15, 0.2) is 53.0 Å². The molecule has 0 aliphatic rings. The number of amides is 2. The zero-order valence-corrected chi connectivity index (χ0v) is 22.1. The third-order valence-electron chi connectivity index (χ3n) is 5.38. The van der Waals surface area contributed by atoms with E-state index in [9.17, 15) is 18.0 Å². The van der Waals surface area contributed by atoms with Gasteiger partial charge in [0, 0.05) is 17.1 Å². The second kappa shape index (κ2) is 11.7. The number of aryl methyl sites for hydroxylation is 1. The van der Waals surface area contributed by atoms with E-state index in [4.69, 9.17) is 0 Å². The van der Waals surface area contributed by atoms with Gasteiger partial charge in [0.05, 0.1) is 11.9 Å². The summed E-state index contributed by atoms with van der Waals surface area (Å²) in [7, 11) is -3.75. The third-order valence-corrected chi connectivity index (χ3v) is 7.01. The van der Waals surface area contributed by atoms with Crippen molar-refractivity contribution in [1.29, 1.82) is 0 Å². The molecule has 1 N–H and O–H groups in total. The van der Waals surface area contributed by atoms with Gasteiger partial charge in [0.25, 0.3) is 0 Å². The lowest BCUT2D eigenvalue weighted by molar-refractivity contribution is -0.139. The molecule has 2 amide bonds. The highest BCUT2D eigenvalue weighted by Crippen LogP contribution is 2.23. The number of nitrogens with zero attached hydrogens (tertiary/aromatic N) is 2. The number of carbonyl (C=O) groups is 2. The number of benzene rings is 2. The molecule has 33 heavy (non-hydrogen) atoms. The highest BCUT2D eigenvalue weighted by atomic mass is 79.9. The first kappa shape index (κ1) is 26.9. The van der Waals surface area contributed by atoms with Gasteiger partial charge in [-0.1, -0.05) is 58.7 Å². The molecule has 180 valence electrons. The molecule has 0 heterocycles. The van der Waals surface area contributed by atoms with E-state index in [-0.39, 0.29) is 18.5 Å². The van der Waals surface area contributed by atoms with Crippen molar-refractivity contribution in [3.05, 3.63) is 64.1 Å². The number of rotatable bonds is 10. The zero-order chi connectivity index (χ0) is 24.8. The maximum atomic E-state index is 13.5. The monoisotopic (exact) mass is 537 g/mol. The van der Waals surface area contributed by atoms with Crippen molar-refractivity contribution >= 4 is 43.5 Å². The second-order valence-corrected chi connectivity index (χ2v) is 11.1. The van der Waals surface area contributed by atoms with Crippen LogP contribution in [-0.2, 0) is 26.2 Å². The standard InChI is InChI=1S/C24H32BrN3O4S/c1-6-18(3)26-24(30)19(4)27(15-20-10-7-9-17(2)13-20)23(29)16-28(33(5,31)32)22-12-8-11-21(25)14-22/h7-14,18-19H,6,15-16H2,1-5H3,(H,26,30)/t18-,19-/m0/s1. The van der Waals surface area contributed by atoms with Crippen LogP contribution in [0, 0.1) is 6.92 Å². The summed E-state index contributed by atoms with van der Waals surface area (Å²) in [5.74, 6) is -0.743. The number of anilines is 1. The molecule has 2 rings (SSSR count). The van der Waals surface area contributed by atoms with Gasteiger partial charge in [0.2, 0.25) is 21.8 Å². The lowest BCUT2D eigenvalue weighted by Crippen LogP contribution is -2.52. The van der Waals surface area contributed by atoms with Gasteiger partial charge >= 0.3 is 0 Å².